The lowest BCUT2D eigenvalue weighted by Gasteiger charge is -2.19. The first-order valence-corrected chi connectivity index (χ1v) is 11.7. The van der Waals surface area contributed by atoms with E-state index in [1.54, 1.807) is 36.4 Å². The predicted octanol–water partition coefficient (Wildman–Crippen LogP) is 2.82. The summed E-state index contributed by atoms with van der Waals surface area (Å²) in [5.74, 6) is -0.990. The summed E-state index contributed by atoms with van der Waals surface area (Å²) in [6.45, 7) is 5.53. The van der Waals surface area contributed by atoms with E-state index in [2.05, 4.69) is 15.6 Å². The number of thioether (sulfide) groups is 1. The molecule has 0 radical (unpaired) electrons. The lowest BCUT2D eigenvalue weighted by Crippen LogP contribution is -2.28. The maximum atomic E-state index is 12.5. The van der Waals surface area contributed by atoms with Crippen molar-refractivity contribution in [2.45, 2.75) is 31.6 Å². The van der Waals surface area contributed by atoms with Gasteiger partial charge in [0.2, 0.25) is 5.91 Å². The van der Waals surface area contributed by atoms with Crippen LogP contribution < -0.4 is 10.6 Å². The Morgan fingerprint density at radius 1 is 1.12 bits per heavy atom. The highest BCUT2D eigenvalue weighted by Gasteiger charge is 2.32. The van der Waals surface area contributed by atoms with E-state index in [1.165, 1.54) is 11.8 Å². The minimum absolute atomic E-state index is 0.00252. The SMILES string of the molecule is CCN(CC)C1=NC(=O)[C@H](CC(=O)Nc2cccc(C(=O)NC[C@H](O)c3ccccc3)c2)S1. The first-order valence-electron chi connectivity index (χ1n) is 10.9. The van der Waals surface area contributed by atoms with Crippen molar-refractivity contribution < 1.29 is 19.5 Å². The number of nitrogens with one attached hydrogen (secondary N) is 2. The van der Waals surface area contributed by atoms with Crippen LogP contribution in [-0.2, 0) is 9.59 Å². The molecule has 0 unspecified atom stereocenters. The van der Waals surface area contributed by atoms with Gasteiger partial charge in [-0.2, -0.15) is 4.99 Å². The van der Waals surface area contributed by atoms with E-state index in [1.807, 2.05) is 36.9 Å². The maximum absolute atomic E-state index is 12.5. The highest BCUT2D eigenvalue weighted by Crippen LogP contribution is 2.27. The number of rotatable bonds is 9. The molecule has 3 amide bonds. The third-order valence-corrected chi connectivity index (χ3v) is 6.40. The zero-order chi connectivity index (χ0) is 23.8. The minimum Gasteiger partial charge on any atom is -0.387 e. The number of aliphatic hydroxyl groups excluding tert-OH is 1. The summed E-state index contributed by atoms with van der Waals surface area (Å²) in [5, 5.41) is 15.8. The van der Waals surface area contributed by atoms with Gasteiger partial charge in [-0.15, -0.1) is 0 Å². The number of benzene rings is 2. The number of anilines is 1. The summed E-state index contributed by atoms with van der Waals surface area (Å²) in [7, 11) is 0. The van der Waals surface area contributed by atoms with Crippen LogP contribution in [0.15, 0.2) is 59.6 Å². The third kappa shape index (κ3) is 6.66. The van der Waals surface area contributed by atoms with Crippen LogP contribution in [0.4, 0.5) is 5.69 Å². The standard InChI is InChI=1S/C24H28N4O4S/c1-3-28(4-2)24-27-23(32)20(33-24)14-21(30)26-18-12-8-11-17(13-18)22(31)25-15-19(29)16-9-6-5-7-10-16/h5-13,19-20,29H,3-4,14-15H2,1-2H3,(H,25,31)(H,26,30)/t19-,20-/m0/s1. The number of nitrogens with zero attached hydrogens (tertiary/aromatic N) is 2. The second-order valence-corrected chi connectivity index (χ2v) is 8.65. The average molecular weight is 469 g/mol. The summed E-state index contributed by atoms with van der Waals surface area (Å²) in [6, 6.07) is 15.6. The summed E-state index contributed by atoms with van der Waals surface area (Å²) >= 11 is 1.31. The Balaban J connectivity index is 1.53. The van der Waals surface area contributed by atoms with Crippen molar-refractivity contribution in [1.82, 2.24) is 10.2 Å². The molecule has 0 fully saturated rings. The normalized spacial score (nSPS) is 16.2. The number of aliphatic imine (C=N–C) groups is 1. The van der Waals surface area contributed by atoms with E-state index in [0.717, 1.165) is 13.1 Å². The van der Waals surface area contributed by atoms with Crippen LogP contribution in [-0.4, -0.2) is 57.8 Å². The molecule has 2 aromatic rings. The lowest BCUT2D eigenvalue weighted by atomic mass is 10.1. The number of carbonyl (C=O) groups excluding carboxylic acids is 3. The van der Waals surface area contributed by atoms with Gasteiger partial charge < -0.3 is 20.6 Å². The topological polar surface area (TPSA) is 111 Å². The fourth-order valence-corrected chi connectivity index (χ4v) is 4.53. The molecule has 8 nitrogen and oxygen atoms in total. The van der Waals surface area contributed by atoms with Crippen molar-refractivity contribution in [3.05, 3.63) is 65.7 Å². The summed E-state index contributed by atoms with van der Waals surface area (Å²) in [5.41, 5.74) is 1.52. The van der Waals surface area contributed by atoms with Crippen molar-refractivity contribution in [3.8, 4) is 0 Å². The first-order chi connectivity index (χ1) is 15.9. The number of hydrogen-bond acceptors (Lipinski definition) is 6. The van der Waals surface area contributed by atoms with Gasteiger partial charge in [0.25, 0.3) is 11.8 Å². The molecule has 0 aromatic heterocycles. The molecular weight excluding hydrogens is 440 g/mol. The van der Waals surface area contributed by atoms with Crippen LogP contribution in [0.1, 0.15) is 42.3 Å². The van der Waals surface area contributed by atoms with Crippen LogP contribution in [0.3, 0.4) is 0 Å². The van der Waals surface area contributed by atoms with Gasteiger partial charge in [-0.1, -0.05) is 48.2 Å². The smallest absolute Gasteiger partial charge is 0.262 e. The molecule has 0 spiro atoms. The van der Waals surface area contributed by atoms with Crippen LogP contribution >= 0.6 is 11.8 Å². The molecule has 1 heterocycles. The molecule has 174 valence electrons. The van der Waals surface area contributed by atoms with Crippen molar-refractivity contribution in [2.24, 2.45) is 4.99 Å². The fraction of sp³-hybridized carbons (Fsp3) is 0.333. The zero-order valence-corrected chi connectivity index (χ0v) is 19.5. The molecule has 2 aromatic carbocycles. The van der Waals surface area contributed by atoms with Gasteiger partial charge in [0, 0.05) is 37.3 Å². The van der Waals surface area contributed by atoms with E-state index in [9.17, 15) is 19.5 Å². The van der Waals surface area contributed by atoms with Crippen molar-refractivity contribution in [2.75, 3.05) is 25.0 Å². The lowest BCUT2D eigenvalue weighted by molar-refractivity contribution is -0.121. The summed E-state index contributed by atoms with van der Waals surface area (Å²) in [6.07, 6.45) is -0.819. The average Bonchev–Trinajstić information content (AvgIpc) is 3.18. The van der Waals surface area contributed by atoms with Crippen LogP contribution in [0.2, 0.25) is 0 Å². The summed E-state index contributed by atoms with van der Waals surface area (Å²) < 4.78 is 0. The molecule has 0 bridgehead atoms. The monoisotopic (exact) mass is 468 g/mol. The highest BCUT2D eigenvalue weighted by atomic mass is 32.2. The van der Waals surface area contributed by atoms with Crippen LogP contribution in [0.5, 0.6) is 0 Å². The molecule has 9 heteroatoms. The molecule has 1 aliphatic rings. The maximum Gasteiger partial charge on any atom is 0.262 e. The second-order valence-electron chi connectivity index (χ2n) is 7.48. The van der Waals surface area contributed by atoms with E-state index < -0.39 is 11.4 Å². The molecule has 0 saturated heterocycles. The molecule has 3 rings (SSSR count). The Morgan fingerprint density at radius 3 is 2.55 bits per heavy atom. The number of amides is 3. The molecule has 2 atom stereocenters. The van der Waals surface area contributed by atoms with Gasteiger partial charge in [-0.25, -0.2) is 0 Å². The number of aliphatic hydroxyl groups is 1. The van der Waals surface area contributed by atoms with Crippen LogP contribution in [0.25, 0.3) is 0 Å². The molecule has 3 N–H and O–H groups in total. The Morgan fingerprint density at radius 2 is 1.85 bits per heavy atom. The van der Waals surface area contributed by atoms with E-state index in [-0.39, 0.29) is 30.7 Å². The Bertz CT molecular complexity index is 1020. The highest BCUT2D eigenvalue weighted by molar-refractivity contribution is 8.15. The molecular formula is C24H28N4O4S. The quantitative estimate of drug-likeness (QED) is 0.522. The zero-order valence-electron chi connectivity index (χ0n) is 18.7. The van der Waals surface area contributed by atoms with Gasteiger partial charge in [0.15, 0.2) is 5.17 Å². The van der Waals surface area contributed by atoms with Gasteiger partial charge in [-0.05, 0) is 37.6 Å². The molecule has 0 saturated carbocycles. The predicted molar refractivity (Wildman–Crippen MR) is 130 cm³/mol. The third-order valence-electron chi connectivity index (χ3n) is 5.18. The van der Waals surface area contributed by atoms with Crippen LogP contribution in [0, 0.1) is 0 Å². The first kappa shape index (κ1) is 24.5. The molecule has 33 heavy (non-hydrogen) atoms. The van der Waals surface area contributed by atoms with E-state index in [4.69, 9.17) is 0 Å². The van der Waals surface area contributed by atoms with E-state index >= 15 is 0 Å². The number of hydrogen-bond donors (Lipinski definition) is 3. The fourth-order valence-electron chi connectivity index (χ4n) is 3.34. The van der Waals surface area contributed by atoms with Gasteiger partial charge in [-0.3, -0.25) is 14.4 Å². The number of amidine groups is 1. The Kier molecular flexibility index (Phi) is 8.62. The number of carbonyl (C=O) groups is 3. The minimum atomic E-state index is -0.817. The van der Waals surface area contributed by atoms with Gasteiger partial charge >= 0.3 is 0 Å². The largest absolute Gasteiger partial charge is 0.387 e. The summed E-state index contributed by atoms with van der Waals surface area (Å²) in [4.78, 5) is 43.3. The van der Waals surface area contributed by atoms with Crippen molar-refractivity contribution in [1.29, 1.82) is 0 Å². The van der Waals surface area contributed by atoms with E-state index in [0.29, 0.717) is 22.0 Å². The second kappa shape index (κ2) is 11.6. The van der Waals surface area contributed by atoms with Crippen molar-refractivity contribution >= 4 is 40.3 Å². The Hall–Kier alpha value is -3.17. The van der Waals surface area contributed by atoms with Gasteiger partial charge in [0.1, 0.15) is 5.25 Å². The molecule has 0 aliphatic carbocycles. The van der Waals surface area contributed by atoms with Gasteiger partial charge in [0.05, 0.1) is 6.10 Å². The molecule has 1 aliphatic heterocycles. The van der Waals surface area contributed by atoms with Crippen molar-refractivity contribution in [3.63, 3.8) is 0 Å². The Labute approximate surface area is 197 Å².